The highest BCUT2D eigenvalue weighted by molar-refractivity contribution is 6.36. The molecule has 2 heterocycles. The van der Waals surface area contributed by atoms with Crippen LogP contribution in [0.5, 0.6) is 0 Å². The number of hydrogen-bond acceptors (Lipinski definition) is 9. The van der Waals surface area contributed by atoms with Gasteiger partial charge in [0.1, 0.15) is 19.2 Å². The van der Waals surface area contributed by atoms with Crippen molar-refractivity contribution in [2.45, 2.75) is 39.0 Å². The van der Waals surface area contributed by atoms with Crippen LogP contribution in [0.25, 0.3) is 0 Å². The van der Waals surface area contributed by atoms with E-state index in [1.165, 1.54) is 0 Å². The van der Waals surface area contributed by atoms with E-state index in [1.807, 2.05) is 0 Å². The number of ether oxygens (including phenoxy) is 2. The third-order valence-corrected chi connectivity index (χ3v) is 5.37. The fourth-order valence-electron chi connectivity index (χ4n) is 2.97. The van der Waals surface area contributed by atoms with Gasteiger partial charge in [-0.05, 0) is 47.5 Å². The number of ketones is 1. The van der Waals surface area contributed by atoms with Crippen LogP contribution in [0, 0.1) is 0 Å². The number of carbonyl (C=O) groups is 3. The Morgan fingerprint density at radius 1 is 1.09 bits per heavy atom. The molecule has 0 spiro atoms. The molecule has 1 amide bonds. The van der Waals surface area contributed by atoms with Crippen molar-refractivity contribution in [3.8, 4) is 0 Å². The minimum atomic E-state index is -1.22. The molecule has 3 rings (SSSR count). The molecular weight excluding hydrogens is 499 g/mol. The molecule has 0 aliphatic rings. The Bertz CT molecular complexity index is 1150. The van der Waals surface area contributed by atoms with Crippen molar-refractivity contribution in [3.05, 3.63) is 69.7 Å². The van der Waals surface area contributed by atoms with Crippen molar-refractivity contribution in [3.63, 3.8) is 0 Å². The number of nitrogens with one attached hydrogen (secondary N) is 1. The maximum absolute atomic E-state index is 12.9. The zero-order valence-electron chi connectivity index (χ0n) is 18.7. The lowest BCUT2D eigenvalue weighted by atomic mass is 10.1. The van der Waals surface area contributed by atoms with E-state index in [0.717, 1.165) is 4.80 Å². The average molecular weight is 521 g/mol. The molecule has 11 nitrogen and oxygen atoms in total. The Hall–Kier alpha value is -3.57. The number of Topliss-reactive ketones (excluding diaryl/α,β-unsaturated/α-hetero) is 1. The molecule has 2 aromatic heterocycles. The number of tetrazole rings is 1. The maximum atomic E-state index is 12.9. The number of benzene rings is 1. The lowest BCUT2D eigenvalue weighted by Gasteiger charge is -2.16. The van der Waals surface area contributed by atoms with Crippen molar-refractivity contribution >= 4 is 41.0 Å². The maximum Gasteiger partial charge on any atom is 0.408 e. The van der Waals surface area contributed by atoms with Crippen molar-refractivity contribution in [2.75, 3.05) is 6.61 Å². The molecule has 1 N–H and O–H groups in total. The van der Waals surface area contributed by atoms with Gasteiger partial charge in [-0.25, -0.2) is 4.79 Å². The molecule has 35 heavy (non-hydrogen) atoms. The van der Waals surface area contributed by atoms with E-state index >= 15 is 0 Å². The molecule has 1 atom stereocenters. The number of rotatable bonds is 11. The lowest BCUT2D eigenvalue weighted by molar-refractivity contribution is -0.145. The molecule has 0 fully saturated rings. The van der Waals surface area contributed by atoms with E-state index in [2.05, 4.69) is 25.7 Å². The summed E-state index contributed by atoms with van der Waals surface area (Å²) in [6.45, 7) is 1.38. The van der Waals surface area contributed by atoms with Crippen LogP contribution in [-0.4, -0.2) is 55.7 Å². The van der Waals surface area contributed by atoms with Crippen LogP contribution < -0.4 is 5.32 Å². The second-order valence-corrected chi connectivity index (χ2v) is 8.03. The number of pyridine rings is 1. The molecule has 0 saturated heterocycles. The fourth-order valence-corrected chi connectivity index (χ4v) is 3.50. The molecule has 0 aliphatic carbocycles. The topological polar surface area (TPSA) is 138 Å². The lowest BCUT2D eigenvalue weighted by Crippen LogP contribution is -2.44. The highest BCUT2D eigenvalue weighted by Gasteiger charge is 2.26. The second-order valence-electron chi connectivity index (χ2n) is 7.22. The molecule has 0 aliphatic heterocycles. The van der Waals surface area contributed by atoms with Crippen LogP contribution >= 0.6 is 23.2 Å². The Morgan fingerprint density at radius 2 is 1.80 bits per heavy atom. The van der Waals surface area contributed by atoms with Gasteiger partial charge in [0.05, 0.1) is 13.0 Å². The Labute approximate surface area is 210 Å². The minimum Gasteiger partial charge on any atom is -0.466 e. The van der Waals surface area contributed by atoms with Crippen LogP contribution in [0.3, 0.4) is 0 Å². The summed E-state index contributed by atoms with van der Waals surface area (Å²) in [6, 6.07) is 7.24. The number of nitrogens with zero attached hydrogens (tertiary/aromatic N) is 5. The molecule has 0 bridgehead atoms. The second kappa shape index (κ2) is 12.8. The van der Waals surface area contributed by atoms with Gasteiger partial charge in [-0.1, -0.05) is 29.3 Å². The molecule has 0 radical (unpaired) electrons. The summed E-state index contributed by atoms with van der Waals surface area (Å²) in [6.07, 6.45) is 2.07. The Balaban J connectivity index is 1.63. The molecular formula is C22H22Cl2N6O5. The number of aromatic nitrogens is 5. The van der Waals surface area contributed by atoms with E-state index in [9.17, 15) is 14.4 Å². The SMILES string of the molecule is CCOC(=O)CC(NC(=O)OCc1ccncc1)C(=O)Cn1nnc(Cc2c(Cl)cccc2Cl)n1. The van der Waals surface area contributed by atoms with Gasteiger partial charge in [0, 0.05) is 28.9 Å². The van der Waals surface area contributed by atoms with Gasteiger partial charge in [0.15, 0.2) is 11.6 Å². The third kappa shape index (κ3) is 8.01. The predicted octanol–water partition coefficient (Wildman–Crippen LogP) is 2.78. The van der Waals surface area contributed by atoms with E-state index in [-0.39, 0.29) is 32.6 Å². The zero-order valence-corrected chi connectivity index (χ0v) is 20.2. The summed E-state index contributed by atoms with van der Waals surface area (Å²) in [5.74, 6) is -0.904. The van der Waals surface area contributed by atoms with Crippen molar-refractivity contribution in [1.82, 2.24) is 30.5 Å². The van der Waals surface area contributed by atoms with E-state index in [4.69, 9.17) is 32.7 Å². The summed E-state index contributed by atoms with van der Waals surface area (Å²) in [5, 5.41) is 15.3. The molecule has 3 aromatic rings. The van der Waals surface area contributed by atoms with Gasteiger partial charge in [-0.15, -0.1) is 10.2 Å². The molecule has 184 valence electrons. The first kappa shape index (κ1) is 26.0. The molecule has 1 unspecified atom stereocenters. The monoisotopic (exact) mass is 520 g/mol. The largest absolute Gasteiger partial charge is 0.466 e. The van der Waals surface area contributed by atoms with Crippen LogP contribution in [0.15, 0.2) is 42.7 Å². The van der Waals surface area contributed by atoms with E-state index in [0.29, 0.717) is 27.0 Å². The van der Waals surface area contributed by atoms with Crippen LogP contribution in [0.2, 0.25) is 10.0 Å². The normalized spacial score (nSPS) is 11.5. The van der Waals surface area contributed by atoms with Crippen molar-refractivity contribution < 1.29 is 23.9 Å². The van der Waals surface area contributed by atoms with Crippen LogP contribution in [0.1, 0.15) is 30.3 Å². The van der Waals surface area contributed by atoms with Gasteiger partial charge < -0.3 is 14.8 Å². The summed E-state index contributed by atoms with van der Waals surface area (Å²) in [4.78, 5) is 42.1. The van der Waals surface area contributed by atoms with Crippen molar-refractivity contribution in [2.24, 2.45) is 0 Å². The summed E-state index contributed by atoms with van der Waals surface area (Å²) < 4.78 is 10.0. The first-order chi connectivity index (χ1) is 16.9. The van der Waals surface area contributed by atoms with Gasteiger partial charge in [-0.3, -0.25) is 14.6 Å². The zero-order chi connectivity index (χ0) is 25.2. The number of halogens is 2. The summed E-state index contributed by atoms with van der Waals surface area (Å²) >= 11 is 12.4. The number of esters is 1. The van der Waals surface area contributed by atoms with Gasteiger partial charge in [-0.2, -0.15) is 4.80 Å². The fraction of sp³-hybridized carbons (Fsp3) is 0.318. The number of hydrogen-bond donors (Lipinski definition) is 1. The smallest absolute Gasteiger partial charge is 0.408 e. The quantitative estimate of drug-likeness (QED) is 0.378. The van der Waals surface area contributed by atoms with E-state index < -0.39 is 23.9 Å². The standard InChI is InChI=1S/C22H22Cl2N6O5/c1-2-34-21(32)11-18(26-22(33)35-13-14-6-8-25-9-7-14)19(31)12-30-28-20(27-29-30)10-15-16(23)4-3-5-17(15)24/h3-9,18H,2,10-13H2,1H3,(H,26,33). The first-order valence-electron chi connectivity index (χ1n) is 10.6. The predicted molar refractivity (Wildman–Crippen MR) is 125 cm³/mol. The Kier molecular flexibility index (Phi) is 9.50. The number of alkyl carbamates (subject to hydrolysis) is 1. The highest BCUT2D eigenvalue weighted by atomic mass is 35.5. The Morgan fingerprint density at radius 3 is 2.49 bits per heavy atom. The highest BCUT2D eigenvalue weighted by Crippen LogP contribution is 2.25. The minimum absolute atomic E-state index is 0.0345. The van der Waals surface area contributed by atoms with Gasteiger partial charge in [0.25, 0.3) is 0 Å². The summed E-state index contributed by atoms with van der Waals surface area (Å²) in [5.41, 5.74) is 1.34. The van der Waals surface area contributed by atoms with Crippen LogP contribution in [-0.2, 0) is 38.6 Å². The van der Waals surface area contributed by atoms with E-state index in [1.54, 1.807) is 49.6 Å². The molecule has 0 saturated carbocycles. The van der Waals surface area contributed by atoms with Gasteiger partial charge in [0.2, 0.25) is 0 Å². The van der Waals surface area contributed by atoms with Crippen LogP contribution in [0.4, 0.5) is 4.79 Å². The third-order valence-electron chi connectivity index (χ3n) is 4.66. The number of carbonyl (C=O) groups excluding carboxylic acids is 3. The van der Waals surface area contributed by atoms with Crippen molar-refractivity contribution in [1.29, 1.82) is 0 Å². The first-order valence-corrected chi connectivity index (χ1v) is 11.3. The summed E-state index contributed by atoms with van der Waals surface area (Å²) in [7, 11) is 0. The molecule has 1 aromatic carbocycles. The number of amides is 1. The molecule has 13 heteroatoms. The van der Waals surface area contributed by atoms with Gasteiger partial charge >= 0.3 is 12.1 Å². The average Bonchev–Trinajstić information content (AvgIpc) is 3.27.